The Balaban J connectivity index is 1.51. The molecular weight excluding hydrogens is 467 g/mol. The van der Waals surface area contributed by atoms with Crippen molar-refractivity contribution >= 4 is 34.8 Å². The second-order valence-electron chi connectivity index (χ2n) is 8.72. The molecule has 7 heteroatoms. The first-order valence-corrected chi connectivity index (χ1v) is 11.9. The van der Waals surface area contributed by atoms with E-state index in [4.69, 9.17) is 23.2 Å². The Labute approximate surface area is 210 Å². The second-order valence-corrected chi connectivity index (χ2v) is 9.59. The summed E-state index contributed by atoms with van der Waals surface area (Å²) < 4.78 is 0. The molecule has 3 aromatic rings. The van der Waals surface area contributed by atoms with Gasteiger partial charge in [0.2, 0.25) is 5.91 Å². The number of halogens is 2. The molecule has 1 aliphatic rings. The lowest BCUT2D eigenvalue weighted by molar-refractivity contribution is -0.115. The Morgan fingerprint density at radius 3 is 2.32 bits per heavy atom. The summed E-state index contributed by atoms with van der Waals surface area (Å²) in [6, 6.07) is 23.2. The molecule has 5 nitrogen and oxygen atoms in total. The zero-order valence-electron chi connectivity index (χ0n) is 18.9. The van der Waals surface area contributed by atoms with Crippen LogP contribution in [0.1, 0.15) is 24.0 Å². The molecule has 1 aliphatic heterocycles. The fourth-order valence-electron chi connectivity index (χ4n) is 4.40. The van der Waals surface area contributed by atoms with Crippen LogP contribution in [0.25, 0.3) is 11.1 Å². The summed E-state index contributed by atoms with van der Waals surface area (Å²) in [4.78, 5) is 15.0. The lowest BCUT2D eigenvalue weighted by atomic mass is 9.80. The molecule has 0 bridgehead atoms. The van der Waals surface area contributed by atoms with Crippen molar-refractivity contribution in [3.05, 3.63) is 87.9 Å². The summed E-state index contributed by atoms with van der Waals surface area (Å²) in [7, 11) is 2.12. The summed E-state index contributed by atoms with van der Waals surface area (Å²) in [6.07, 6.45) is 1.78. The second kappa shape index (κ2) is 10.6. The zero-order chi connectivity index (χ0) is 24.1. The molecule has 3 aromatic carbocycles. The molecule has 1 amide bonds. The van der Waals surface area contributed by atoms with Crippen molar-refractivity contribution in [3.63, 3.8) is 0 Å². The highest BCUT2D eigenvalue weighted by molar-refractivity contribution is 6.35. The molecule has 0 saturated carbocycles. The van der Waals surface area contributed by atoms with Crippen molar-refractivity contribution in [1.29, 1.82) is 5.26 Å². The fourth-order valence-corrected chi connectivity index (χ4v) is 4.92. The largest absolute Gasteiger partial charge is 0.325 e. The number of anilines is 1. The van der Waals surface area contributed by atoms with Crippen LogP contribution >= 0.6 is 23.2 Å². The molecule has 0 aromatic heterocycles. The van der Waals surface area contributed by atoms with E-state index in [1.807, 2.05) is 18.2 Å². The minimum absolute atomic E-state index is 0.151. The van der Waals surface area contributed by atoms with Gasteiger partial charge in [-0.05, 0) is 80.0 Å². The maximum atomic E-state index is 12.7. The molecule has 2 N–H and O–H groups in total. The molecule has 4 rings (SSSR count). The highest BCUT2D eigenvalue weighted by atomic mass is 35.5. The first kappa shape index (κ1) is 24.3. The summed E-state index contributed by atoms with van der Waals surface area (Å²) in [5, 5.41) is 16.6. The van der Waals surface area contributed by atoms with Crippen LogP contribution in [0.5, 0.6) is 0 Å². The SMILES string of the molecule is CN1CCC(NCC(=O)Nc2cc(Cl)cc(Cl)c2)(c2ccc(-c3cccc(C#N)c3)cc2)CC1. The topological polar surface area (TPSA) is 68.2 Å². The average Bonchev–Trinajstić information content (AvgIpc) is 2.83. The predicted octanol–water partition coefficient (Wildman–Crippen LogP) is 5.68. The smallest absolute Gasteiger partial charge is 0.238 e. The Morgan fingerprint density at radius 1 is 1.00 bits per heavy atom. The van der Waals surface area contributed by atoms with Gasteiger partial charge in [-0.15, -0.1) is 0 Å². The molecule has 1 fully saturated rings. The van der Waals surface area contributed by atoms with Gasteiger partial charge in [0.15, 0.2) is 0 Å². The van der Waals surface area contributed by atoms with Crippen molar-refractivity contribution in [2.45, 2.75) is 18.4 Å². The summed E-state index contributed by atoms with van der Waals surface area (Å²) >= 11 is 12.1. The van der Waals surface area contributed by atoms with Crippen LogP contribution in [0.3, 0.4) is 0 Å². The molecule has 0 radical (unpaired) electrons. The molecule has 1 saturated heterocycles. The van der Waals surface area contributed by atoms with Crippen LogP contribution in [-0.2, 0) is 10.3 Å². The van der Waals surface area contributed by atoms with Gasteiger partial charge in [-0.1, -0.05) is 59.6 Å². The lowest BCUT2D eigenvalue weighted by Gasteiger charge is -2.42. The number of benzene rings is 3. The number of nitriles is 1. The number of nitrogens with zero attached hydrogens (tertiary/aromatic N) is 2. The van der Waals surface area contributed by atoms with E-state index in [9.17, 15) is 10.1 Å². The third-order valence-electron chi connectivity index (χ3n) is 6.34. The van der Waals surface area contributed by atoms with Gasteiger partial charge < -0.3 is 10.2 Å². The summed E-state index contributed by atoms with van der Waals surface area (Å²) in [5.41, 5.74) is 4.13. The average molecular weight is 493 g/mol. The molecule has 0 atom stereocenters. The van der Waals surface area contributed by atoms with Gasteiger partial charge in [-0.25, -0.2) is 0 Å². The maximum absolute atomic E-state index is 12.7. The molecule has 1 heterocycles. The van der Waals surface area contributed by atoms with Crippen LogP contribution in [-0.4, -0.2) is 37.5 Å². The lowest BCUT2D eigenvalue weighted by Crippen LogP contribution is -2.52. The van der Waals surface area contributed by atoms with Crippen molar-refractivity contribution in [2.24, 2.45) is 0 Å². The Bertz CT molecular complexity index is 1190. The monoisotopic (exact) mass is 492 g/mol. The number of hydrogen-bond donors (Lipinski definition) is 2. The number of carbonyl (C=O) groups is 1. The van der Waals surface area contributed by atoms with Crippen LogP contribution < -0.4 is 10.6 Å². The molecular formula is C27H26Cl2N4O. The third-order valence-corrected chi connectivity index (χ3v) is 6.77. The first-order valence-electron chi connectivity index (χ1n) is 11.2. The van der Waals surface area contributed by atoms with Crippen LogP contribution in [0.2, 0.25) is 10.0 Å². The number of nitrogens with one attached hydrogen (secondary N) is 2. The first-order chi connectivity index (χ1) is 16.4. The minimum Gasteiger partial charge on any atom is -0.325 e. The molecule has 0 spiro atoms. The van der Waals surface area contributed by atoms with E-state index in [1.54, 1.807) is 24.3 Å². The quantitative estimate of drug-likeness (QED) is 0.464. The van der Waals surface area contributed by atoms with Crippen molar-refractivity contribution in [3.8, 4) is 17.2 Å². The Morgan fingerprint density at radius 2 is 1.68 bits per heavy atom. The normalized spacial score (nSPS) is 15.5. The summed E-state index contributed by atoms with van der Waals surface area (Å²) in [6.45, 7) is 2.04. The van der Waals surface area contributed by atoms with E-state index in [-0.39, 0.29) is 18.0 Å². The van der Waals surface area contributed by atoms with Gasteiger partial charge in [0.25, 0.3) is 0 Å². The number of likely N-dealkylation sites (tertiary alicyclic amines) is 1. The standard InChI is InChI=1S/C27H26Cl2N4O/c1-33-11-9-27(10-12-33,31-18-26(34)32-25-15-23(28)14-24(29)16-25)22-7-5-20(6-8-22)21-4-2-3-19(13-21)17-30/h2-8,13-16,31H,9-12,18H2,1H3,(H,32,34). The van der Waals surface area contributed by atoms with E-state index >= 15 is 0 Å². The maximum Gasteiger partial charge on any atom is 0.238 e. The van der Waals surface area contributed by atoms with Gasteiger partial charge in [0.1, 0.15) is 0 Å². The molecule has 34 heavy (non-hydrogen) atoms. The molecule has 0 aliphatic carbocycles. The van der Waals surface area contributed by atoms with Gasteiger partial charge >= 0.3 is 0 Å². The third kappa shape index (κ3) is 5.78. The minimum atomic E-state index is -0.303. The Kier molecular flexibility index (Phi) is 7.55. The number of piperidine rings is 1. The number of carbonyl (C=O) groups excluding carboxylic acids is 1. The number of rotatable bonds is 6. The predicted molar refractivity (Wildman–Crippen MR) is 138 cm³/mol. The van der Waals surface area contributed by atoms with Gasteiger partial charge in [-0.3, -0.25) is 10.1 Å². The van der Waals surface area contributed by atoms with Gasteiger partial charge in [0, 0.05) is 21.3 Å². The highest BCUT2D eigenvalue weighted by Crippen LogP contribution is 2.34. The van der Waals surface area contributed by atoms with E-state index in [1.165, 1.54) is 0 Å². The van der Waals surface area contributed by atoms with E-state index in [0.29, 0.717) is 21.3 Å². The van der Waals surface area contributed by atoms with Crippen molar-refractivity contribution in [2.75, 3.05) is 32.0 Å². The molecule has 174 valence electrons. The van der Waals surface area contributed by atoms with E-state index < -0.39 is 0 Å². The van der Waals surface area contributed by atoms with Crippen LogP contribution in [0.4, 0.5) is 5.69 Å². The fraction of sp³-hybridized carbons (Fsp3) is 0.259. The van der Waals surface area contributed by atoms with E-state index in [2.05, 4.69) is 52.9 Å². The van der Waals surface area contributed by atoms with Crippen molar-refractivity contribution in [1.82, 2.24) is 10.2 Å². The van der Waals surface area contributed by atoms with E-state index in [0.717, 1.165) is 42.6 Å². The summed E-state index contributed by atoms with van der Waals surface area (Å²) in [5.74, 6) is -0.151. The van der Waals surface area contributed by atoms with Crippen molar-refractivity contribution < 1.29 is 4.79 Å². The molecule has 0 unspecified atom stereocenters. The van der Waals surface area contributed by atoms with Gasteiger partial charge in [-0.2, -0.15) is 5.26 Å². The van der Waals surface area contributed by atoms with Crippen LogP contribution in [0, 0.1) is 11.3 Å². The number of hydrogen-bond acceptors (Lipinski definition) is 4. The zero-order valence-corrected chi connectivity index (χ0v) is 20.5. The highest BCUT2D eigenvalue weighted by Gasteiger charge is 2.35. The number of amides is 1. The Hall–Kier alpha value is -2.88. The van der Waals surface area contributed by atoms with Crippen LogP contribution in [0.15, 0.2) is 66.7 Å². The van der Waals surface area contributed by atoms with Gasteiger partial charge in [0.05, 0.1) is 18.2 Å².